The number of likely N-dealkylation sites (tertiary alicyclic amines) is 1. The van der Waals surface area contributed by atoms with E-state index < -0.39 is 0 Å². The number of guanidine groups is 1. The van der Waals surface area contributed by atoms with E-state index in [2.05, 4.69) is 20.5 Å². The highest BCUT2D eigenvalue weighted by Gasteiger charge is 2.20. The number of hydrogen-bond acceptors (Lipinski definition) is 6. The Labute approximate surface area is 204 Å². The number of ether oxygens (including phenoxy) is 4. The number of nitrogens with one attached hydrogen (secondary N) is 2. The number of piperidine rings is 1. The van der Waals surface area contributed by atoms with Gasteiger partial charge in [0.15, 0.2) is 5.96 Å². The van der Waals surface area contributed by atoms with Gasteiger partial charge in [0.05, 0.1) is 21.3 Å². The van der Waals surface area contributed by atoms with Crippen molar-refractivity contribution in [1.29, 1.82) is 0 Å². The van der Waals surface area contributed by atoms with E-state index in [4.69, 9.17) is 18.9 Å². The summed E-state index contributed by atoms with van der Waals surface area (Å²) in [6.45, 7) is 4.88. The SMILES string of the molecule is CN=C(NCCc1c(OC)cc(OC)cc1OC)NC1CCN(CCCOC)CC1.I. The zero-order valence-corrected chi connectivity index (χ0v) is 21.9. The molecule has 0 bridgehead atoms. The minimum Gasteiger partial charge on any atom is -0.496 e. The van der Waals surface area contributed by atoms with Gasteiger partial charge < -0.3 is 34.5 Å². The average Bonchev–Trinajstić information content (AvgIpc) is 2.79. The molecule has 0 amide bonds. The third kappa shape index (κ3) is 8.89. The standard InChI is InChI=1S/C22H38N4O4.HI/c1-23-22(25-17-8-12-26(13-9-17)11-6-14-27-2)24-10-7-19-20(29-4)15-18(28-3)16-21(19)30-5;/h15-17H,6-14H2,1-5H3,(H2,23,24,25);1H. The Morgan fingerprint density at radius 3 is 2.23 bits per heavy atom. The summed E-state index contributed by atoms with van der Waals surface area (Å²) in [5, 5.41) is 6.98. The van der Waals surface area contributed by atoms with Crippen molar-refractivity contribution in [2.24, 2.45) is 4.99 Å². The molecule has 0 radical (unpaired) electrons. The van der Waals surface area contributed by atoms with Gasteiger partial charge in [0.25, 0.3) is 0 Å². The second-order valence-electron chi connectivity index (χ2n) is 7.37. The van der Waals surface area contributed by atoms with Crippen molar-refractivity contribution < 1.29 is 18.9 Å². The van der Waals surface area contributed by atoms with Gasteiger partial charge in [0.1, 0.15) is 17.2 Å². The maximum atomic E-state index is 5.53. The summed E-state index contributed by atoms with van der Waals surface area (Å²) in [4.78, 5) is 6.90. The van der Waals surface area contributed by atoms with E-state index in [1.165, 1.54) is 0 Å². The molecule has 1 aromatic carbocycles. The monoisotopic (exact) mass is 550 g/mol. The number of benzene rings is 1. The van der Waals surface area contributed by atoms with Gasteiger partial charge in [-0.2, -0.15) is 0 Å². The van der Waals surface area contributed by atoms with Crippen molar-refractivity contribution in [1.82, 2.24) is 15.5 Å². The predicted octanol–water partition coefficient (Wildman–Crippen LogP) is 2.54. The van der Waals surface area contributed by atoms with Crippen LogP contribution in [0.3, 0.4) is 0 Å². The molecule has 0 atom stereocenters. The molecule has 0 unspecified atom stereocenters. The molecule has 1 aliphatic heterocycles. The molecule has 1 aliphatic rings. The van der Waals surface area contributed by atoms with Gasteiger partial charge in [-0.05, 0) is 25.7 Å². The van der Waals surface area contributed by atoms with Crippen LogP contribution < -0.4 is 24.8 Å². The lowest BCUT2D eigenvalue weighted by Crippen LogP contribution is -2.49. The quantitative estimate of drug-likeness (QED) is 0.190. The van der Waals surface area contributed by atoms with Crippen LogP contribution >= 0.6 is 24.0 Å². The van der Waals surface area contributed by atoms with Crippen LogP contribution in [-0.4, -0.2) is 85.2 Å². The minimum atomic E-state index is 0. The second kappa shape index (κ2) is 15.4. The topological polar surface area (TPSA) is 76.6 Å². The Balaban J connectivity index is 0.00000480. The first-order valence-corrected chi connectivity index (χ1v) is 10.6. The number of nitrogens with zero attached hydrogens (tertiary/aromatic N) is 2. The maximum absolute atomic E-state index is 5.53. The van der Waals surface area contributed by atoms with Crippen LogP contribution in [0.25, 0.3) is 0 Å². The zero-order valence-electron chi connectivity index (χ0n) is 19.5. The lowest BCUT2D eigenvalue weighted by Gasteiger charge is -2.33. The van der Waals surface area contributed by atoms with Gasteiger partial charge in [0, 0.05) is 70.7 Å². The molecule has 178 valence electrons. The normalized spacial score (nSPS) is 15.2. The molecule has 8 nitrogen and oxygen atoms in total. The van der Waals surface area contributed by atoms with Gasteiger partial charge in [-0.25, -0.2) is 0 Å². The molecule has 0 spiro atoms. The summed E-state index contributed by atoms with van der Waals surface area (Å²) < 4.78 is 21.5. The fourth-order valence-corrected chi connectivity index (χ4v) is 3.75. The predicted molar refractivity (Wildman–Crippen MR) is 136 cm³/mol. The van der Waals surface area contributed by atoms with E-state index in [1.54, 1.807) is 28.4 Å². The molecule has 9 heteroatoms. The highest BCUT2D eigenvalue weighted by Crippen LogP contribution is 2.34. The maximum Gasteiger partial charge on any atom is 0.191 e. The van der Waals surface area contributed by atoms with Gasteiger partial charge in [-0.15, -0.1) is 24.0 Å². The highest BCUT2D eigenvalue weighted by atomic mass is 127. The molecule has 2 N–H and O–H groups in total. The van der Waals surface area contributed by atoms with Crippen molar-refractivity contribution >= 4 is 29.9 Å². The van der Waals surface area contributed by atoms with Crippen LogP contribution in [0.5, 0.6) is 17.2 Å². The molecule has 1 aromatic rings. The van der Waals surface area contributed by atoms with E-state index >= 15 is 0 Å². The summed E-state index contributed by atoms with van der Waals surface area (Å²) in [7, 11) is 8.52. The number of aliphatic imine (C=N–C) groups is 1. The molecule has 1 saturated heterocycles. The van der Waals surface area contributed by atoms with E-state index in [9.17, 15) is 0 Å². The zero-order chi connectivity index (χ0) is 21.8. The lowest BCUT2D eigenvalue weighted by molar-refractivity contribution is 0.155. The molecule has 0 saturated carbocycles. The molecular weight excluding hydrogens is 511 g/mol. The van der Waals surface area contributed by atoms with Crippen LogP contribution in [0, 0.1) is 0 Å². The largest absolute Gasteiger partial charge is 0.496 e. The summed E-state index contributed by atoms with van der Waals surface area (Å²) in [6, 6.07) is 4.20. The lowest BCUT2D eigenvalue weighted by atomic mass is 10.1. The number of rotatable bonds is 11. The van der Waals surface area contributed by atoms with E-state index in [-0.39, 0.29) is 24.0 Å². The minimum absolute atomic E-state index is 0. The van der Waals surface area contributed by atoms with Crippen molar-refractivity contribution in [2.75, 3.05) is 68.3 Å². The van der Waals surface area contributed by atoms with Gasteiger partial charge in [0.2, 0.25) is 0 Å². The Hall–Kier alpha value is -1.46. The first-order chi connectivity index (χ1) is 14.6. The van der Waals surface area contributed by atoms with Crippen LogP contribution in [-0.2, 0) is 11.2 Å². The van der Waals surface area contributed by atoms with Crippen LogP contribution in [0.4, 0.5) is 0 Å². The molecular formula is C22H39IN4O4. The van der Waals surface area contributed by atoms with Crippen molar-refractivity contribution in [3.8, 4) is 17.2 Å². The van der Waals surface area contributed by atoms with Gasteiger partial charge in [-0.1, -0.05) is 0 Å². The third-order valence-corrected chi connectivity index (χ3v) is 5.46. The number of methoxy groups -OCH3 is 4. The van der Waals surface area contributed by atoms with Crippen molar-refractivity contribution in [2.45, 2.75) is 31.7 Å². The van der Waals surface area contributed by atoms with Crippen molar-refractivity contribution in [3.63, 3.8) is 0 Å². The molecule has 1 heterocycles. The summed E-state index contributed by atoms with van der Waals surface area (Å²) in [6.07, 6.45) is 4.08. The van der Waals surface area contributed by atoms with Gasteiger partial charge >= 0.3 is 0 Å². The fourth-order valence-electron chi connectivity index (χ4n) is 3.75. The van der Waals surface area contributed by atoms with Gasteiger partial charge in [-0.3, -0.25) is 4.99 Å². The van der Waals surface area contributed by atoms with E-state index in [0.717, 1.165) is 74.9 Å². The highest BCUT2D eigenvalue weighted by molar-refractivity contribution is 14.0. The smallest absolute Gasteiger partial charge is 0.191 e. The van der Waals surface area contributed by atoms with Crippen LogP contribution in [0.15, 0.2) is 17.1 Å². The Kier molecular flexibility index (Phi) is 13.7. The second-order valence-corrected chi connectivity index (χ2v) is 7.37. The third-order valence-electron chi connectivity index (χ3n) is 5.46. The fraction of sp³-hybridized carbons (Fsp3) is 0.682. The molecule has 0 aromatic heterocycles. The Morgan fingerprint density at radius 2 is 1.71 bits per heavy atom. The van der Waals surface area contributed by atoms with Crippen LogP contribution in [0.2, 0.25) is 0 Å². The summed E-state index contributed by atoms with van der Waals surface area (Å²) in [5.74, 6) is 3.07. The first-order valence-electron chi connectivity index (χ1n) is 10.6. The molecule has 31 heavy (non-hydrogen) atoms. The first kappa shape index (κ1) is 27.6. The number of halogens is 1. The average molecular weight is 550 g/mol. The van der Waals surface area contributed by atoms with E-state index in [1.807, 2.05) is 19.2 Å². The Bertz CT molecular complexity index is 642. The number of hydrogen-bond donors (Lipinski definition) is 2. The Morgan fingerprint density at radius 1 is 1.06 bits per heavy atom. The van der Waals surface area contributed by atoms with E-state index in [0.29, 0.717) is 18.3 Å². The van der Waals surface area contributed by atoms with Crippen molar-refractivity contribution in [3.05, 3.63) is 17.7 Å². The van der Waals surface area contributed by atoms with Crippen LogP contribution in [0.1, 0.15) is 24.8 Å². The molecule has 1 fully saturated rings. The summed E-state index contributed by atoms with van der Waals surface area (Å²) >= 11 is 0. The molecule has 2 rings (SSSR count). The molecule has 0 aliphatic carbocycles. The summed E-state index contributed by atoms with van der Waals surface area (Å²) in [5.41, 5.74) is 1.01.